The second kappa shape index (κ2) is 8.12. The monoisotopic (exact) mass is 474 g/mol. The molecule has 1 spiro atoms. The average molecular weight is 475 g/mol. The van der Waals surface area contributed by atoms with Crippen LogP contribution in [-0.2, 0) is 15.1 Å². The van der Waals surface area contributed by atoms with Gasteiger partial charge in [0.25, 0.3) is 0 Å². The summed E-state index contributed by atoms with van der Waals surface area (Å²) in [7, 11) is 2.17. The highest BCUT2D eigenvalue weighted by atomic mass is 16.5. The molecule has 186 valence electrons. The third kappa shape index (κ3) is 3.76. The molecule has 1 saturated carbocycles. The predicted octanol–water partition coefficient (Wildman–Crippen LogP) is 6.89. The fourth-order valence-electron chi connectivity index (χ4n) is 6.73. The molecule has 1 aliphatic heterocycles. The number of anilines is 1. The van der Waals surface area contributed by atoms with Gasteiger partial charge >= 0.3 is 5.97 Å². The Kier molecular flexibility index (Phi) is 5.55. The quantitative estimate of drug-likeness (QED) is 0.447. The lowest BCUT2D eigenvalue weighted by atomic mass is 9.85. The van der Waals surface area contributed by atoms with Crippen LogP contribution in [0.4, 0.5) is 5.69 Å². The number of hydrogen-bond donors (Lipinski definition) is 1. The van der Waals surface area contributed by atoms with E-state index in [-0.39, 0.29) is 5.54 Å². The molecule has 5 heteroatoms. The Balaban J connectivity index is 1.92. The van der Waals surface area contributed by atoms with E-state index in [1.165, 1.54) is 42.5 Å². The Bertz CT molecular complexity index is 1300. The summed E-state index contributed by atoms with van der Waals surface area (Å²) in [4.78, 5) is 15.1. The van der Waals surface area contributed by atoms with E-state index < -0.39 is 17.7 Å². The lowest BCUT2D eigenvalue weighted by Crippen LogP contribution is -2.46. The van der Waals surface area contributed by atoms with E-state index in [1.54, 1.807) is 0 Å². The van der Waals surface area contributed by atoms with Crippen molar-refractivity contribution >= 4 is 22.6 Å². The summed E-state index contributed by atoms with van der Waals surface area (Å²) >= 11 is 0. The highest BCUT2D eigenvalue weighted by Gasteiger charge is 2.44. The van der Waals surface area contributed by atoms with Crippen LogP contribution in [0.15, 0.2) is 30.3 Å². The van der Waals surface area contributed by atoms with Gasteiger partial charge in [-0.05, 0) is 77.1 Å². The van der Waals surface area contributed by atoms with Crippen LogP contribution in [0.1, 0.15) is 74.9 Å². The zero-order chi connectivity index (χ0) is 25.3. The van der Waals surface area contributed by atoms with Gasteiger partial charge in [0, 0.05) is 30.2 Å². The minimum atomic E-state index is -1.06. The molecule has 1 N–H and O–H groups in total. The molecule has 0 saturated heterocycles. The summed E-state index contributed by atoms with van der Waals surface area (Å²) < 4.78 is 8.86. The SMILES string of the molecule is Cc1ccc(-c2c([C@H](OC(C)(C)C)C(=O)O)c(C)c3c4c2cc(C)n4C2(CCCC2)CN3C)cc1. The Morgan fingerprint density at radius 3 is 2.29 bits per heavy atom. The highest BCUT2D eigenvalue weighted by molar-refractivity contribution is 6.08. The van der Waals surface area contributed by atoms with Crippen molar-refractivity contribution in [3.8, 4) is 11.1 Å². The first-order valence-corrected chi connectivity index (χ1v) is 12.8. The Hall–Kier alpha value is -2.79. The summed E-state index contributed by atoms with van der Waals surface area (Å²) in [6.45, 7) is 13.1. The summed E-state index contributed by atoms with van der Waals surface area (Å²) in [5.74, 6) is -0.954. The maximum Gasteiger partial charge on any atom is 0.337 e. The van der Waals surface area contributed by atoms with Gasteiger partial charge in [0.05, 0.1) is 22.3 Å². The van der Waals surface area contributed by atoms with Crippen LogP contribution in [0.25, 0.3) is 22.0 Å². The number of benzene rings is 2. The number of likely N-dealkylation sites (N-methyl/N-ethyl adjacent to an activating group) is 1. The van der Waals surface area contributed by atoms with Gasteiger partial charge in [-0.3, -0.25) is 0 Å². The average Bonchev–Trinajstić information content (AvgIpc) is 3.35. The number of aryl methyl sites for hydroxylation is 2. The number of nitrogens with zero attached hydrogens (tertiary/aromatic N) is 2. The van der Waals surface area contributed by atoms with Crippen molar-refractivity contribution in [1.82, 2.24) is 4.57 Å². The molecule has 0 bridgehead atoms. The van der Waals surface area contributed by atoms with Gasteiger partial charge < -0.3 is 19.3 Å². The number of aliphatic carboxylic acids is 1. The van der Waals surface area contributed by atoms with Crippen LogP contribution < -0.4 is 4.90 Å². The zero-order valence-electron chi connectivity index (χ0n) is 22.2. The first-order valence-electron chi connectivity index (χ1n) is 12.8. The lowest BCUT2D eigenvalue weighted by molar-refractivity contribution is -0.160. The molecular weight excluding hydrogens is 436 g/mol. The fourth-order valence-corrected chi connectivity index (χ4v) is 6.73. The molecule has 0 unspecified atom stereocenters. The molecule has 2 heterocycles. The minimum absolute atomic E-state index is 0.111. The second-order valence-electron chi connectivity index (χ2n) is 11.7. The van der Waals surface area contributed by atoms with Crippen molar-refractivity contribution in [2.75, 3.05) is 18.5 Å². The van der Waals surface area contributed by atoms with E-state index in [9.17, 15) is 9.90 Å². The summed E-state index contributed by atoms with van der Waals surface area (Å²) in [6.07, 6.45) is 3.82. The molecule has 5 nitrogen and oxygen atoms in total. The van der Waals surface area contributed by atoms with E-state index in [1.807, 2.05) is 20.8 Å². The van der Waals surface area contributed by atoms with Crippen LogP contribution in [0, 0.1) is 20.8 Å². The molecule has 0 amide bonds. The van der Waals surface area contributed by atoms with Crippen molar-refractivity contribution < 1.29 is 14.6 Å². The van der Waals surface area contributed by atoms with Gasteiger partial charge in [-0.25, -0.2) is 4.79 Å². The number of carboxylic acids is 1. The molecule has 2 aromatic carbocycles. The standard InChI is InChI=1S/C30H38N2O3/c1-18-10-12-21(13-11-18)24-22-16-19(2)32-26(22)25(31(7)17-30(32)14-8-9-15-30)20(3)23(24)27(28(33)34)35-29(4,5)6/h10-13,16,27H,8-9,14-15,17H2,1-7H3,(H,33,34)/t27-/m0/s1. The topological polar surface area (TPSA) is 54.7 Å². The van der Waals surface area contributed by atoms with Crippen molar-refractivity contribution in [2.45, 2.75) is 84.5 Å². The van der Waals surface area contributed by atoms with Crippen LogP contribution in [0.5, 0.6) is 0 Å². The Labute approximate surface area is 208 Å². The number of carboxylic acid groups (broad SMARTS) is 1. The molecule has 5 rings (SSSR count). The molecule has 1 aliphatic carbocycles. The molecule has 35 heavy (non-hydrogen) atoms. The molecular formula is C30H38N2O3. The molecule has 1 atom stereocenters. The smallest absolute Gasteiger partial charge is 0.337 e. The molecule has 1 fully saturated rings. The van der Waals surface area contributed by atoms with Crippen molar-refractivity contribution in [3.63, 3.8) is 0 Å². The van der Waals surface area contributed by atoms with Crippen LogP contribution in [-0.4, -0.2) is 34.8 Å². The van der Waals surface area contributed by atoms with Crippen molar-refractivity contribution in [2.24, 2.45) is 0 Å². The Morgan fingerprint density at radius 1 is 1.09 bits per heavy atom. The Morgan fingerprint density at radius 2 is 1.71 bits per heavy atom. The summed E-state index contributed by atoms with van der Waals surface area (Å²) in [5.41, 5.74) is 8.12. The number of rotatable bonds is 4. The van der Waals surface area contributed by atoms with Gasteiger partial charge in [0.1, 0.15) is 0 Å². The van der Waals surface area contributed by atoms with E-state index in [0.717, 1.165) is 39.9 Å². The van der Waals surface area contributed by atoms with Crippen LogP contribution >= 0.6 is 0 Å². The van der Waals surface area contributed by atoms with Crippen molar-refractivity contribution in [3.05, 3.63) is 52.7 Å². The predicted molar refractivity (Wildman–Crippen MR) is 143 cm³/mol. The molecule has 3 aromatic rings. The first-order chi connectivity index (χ1) is 16.4. The zero-order valence-corrected chi connectivity index (χ0v) is 22.2. The lowest BCUT2D eigenvalue weighted by Gasteiger charge is -2.44. The number of carbonyl (C=O) groups is 1. The number of aromatic nitrogens is 1. The number of ether oxygens (including phenoxy) is 1. The largest absolute Gasteiger partial charge is 0.479 e. The third-order valence-electron chi connectivity index (χ3n) is 7.93. The maximum absolute atomic E-state index is 12.7. The van der Waals surface area contributed by atoms with Gasteiger partial charge in [0.15, 0.2) is 6.10 Å². The van der Waals surface area contributed by atoms with Gasteiger partial charge in [-0.2, -0.15) is 0 Å². The van der Waals surface area contributed by atoms with Gasteiger partial charge in [0.2, 0.25) is 0 Å². The second-order valence-corrected chi connectivity index (χ2v) is 11.7. The van der Waals surface area contributed by atoms with Crippen LogP contribution in [0.3, 0.4) is 0 Å². The molecule has 2 aliphatic rings. The van der Waals surface area contributed by atoms with E-state index in [4.69, 9.17) is 4.74 Å². The van der Waals surface area contributed by atoms with Gasteiger partial charge in [-0.1, -0.05) is 42.7 Å². The van der Waals surface area contributed by atoms with E-state index in [2.05, 4.69) is 67.6 Å². The number of fused-ring (bicyclic) bond motifs is 1. The maximum atomic E-state index is 12.7. The van der Waals surface area contributed by atoms with E-state index in [0.29, 0.717) is 0 Å². The molecule has 0 radical (unpaired) electrons. The van der Waals surface area contributed by atoms with Crippen LogP contribution in [0.2, 0.25) is 0 Å². The fraction of sp³-hybridized carbons (Fsp3) is 0.500. The molecule has 1 aromatic heterocycles. The minimum Gasteiger partial charge on any atom is -0.479 e. The van der Waals surface area contributed by atoms with Gasteiger partial charge in [-0.15, -0.1) is 0 Å². The number of hydrogen-bond acceptors (Lipinski definition) is 3. The summed E-state index contributed by atoms with van der Waals surface area (Å²) in [5, 5.41) is 11.6. The third-order valence-corrected chi connectivity index (χ3v) is 7.93. The first kappa shape index (κ1) is 23.9. The van der Waals surface area contributed by atoms with Crippen molar-refractivity contribution in [1.29, 1.82) is 0 Å². The normalized spacial score (nSPS) is 18.0. The highest BCUT2D eigenvalue weighted by Crippen LogP contribution is 2.52. The van der Waals surface area contributed by atoms with E-state index >= 15 is 0 Å². The summed E-state index contributed by atoms with van der Waals surface area (Å²) in [6, 6.07) is 10.7.